The van der Waals surface area contributed by atoms with Crippen molar-refractivity contribution in [3.63, 3.8) is 0 Å². The van der Waals surface area contributed by atoms with Crippen LogP contribution in [0.25, 0.3) is 43.5 Å². The molecule has 4 heterocycles. The van der Waals surface area contributed by atoms with E-state index in [4.69, 9.17) is 36.6 Å². The molecule has 42 heavy (non-hydrogen) atoms. The highest BCUT2D eigenvalue weighted by molar-refractivity contribution is 7.31. The van der Waals surface area contributed by atoms with E-state index in [1.54, 1.807) is 0 Å². The van der Waals surface area contributed by atoms with E-state index in [1.165, 1.54) is 0 Å². The van der Waals surface area contributed by atoms with Gasteiger partial charge in [-0.15, -0.1) is 0 Å². The molecule has 0 bridgehead atoms. The Hall–Kier alpha value is -2.94. The zero-order valence-electron chi connectivity index (χ0n) is 24.2. The van der Waals surface area contributed by atoms with Gasteiger partial charge in [0.25, 0.3) is 0 Å². The summed E-state index contributed by atoms with van der Waals surface area (Å²) in [5.74, 6) is -1.58. The normalized spacial score (nSPS) is 30.0. The van der Waals surface area contributed by atoms with Crippen LogP contribution in [0.3, 0.4) is 0 Å². The van der Waals surface area contributed by atoms with E-state index in [2.05, 4.69) is 36.4 Å². The van der Waals surface area contributed by atoms with Crippen molar-refractivity contribution in [3.05, 3.63) is 72.8 Å². The molecule has 0 amide bonds. The standard InChI is InChI=1S/C33H33O8P/c1-31(2)34-18-25(36-31)28-33(5,29-30(35-28)38-32(3,4)37-29)41-42-39-23-16-14-19-10-6-8-12-21(19)26(23)27-22-13-9-7-11-20(22)15-17-24(27)40-42/h6-17,25,28-30H,18H2,1-5H3/t25-,28-,29+,30-,33-/m1/s1. The van der Waals surface area contributed by atoms with Gasteiger partial charge < -0.3 is 32.1 Å². The maximum absolute atomic E-state index is 6.91. The largest absolute Gasteiger partial charge is 0.399 e. The van der Waals surface area contributed by atoms with Crippen LogP contribution in [0.5, 0.6) is 0 Å². The molecule has 0 saturated carbocycles. The zero-order chi connectivity index (χ0) is 28.9. The Morgan fingerprint density at radius 3 is 1.83 bits per heavy atom. The summed E-state index contributed by atoms with van der Waals surface area (Å²) in [5, 5.41) is 6.34. The van der Waals surface area contributed by atoms with E-state index in [9.17, 15) is 0 Å². The van der Waals surface area contributed by atoms with E-state index in [0.717, 1.165) is 32.3 Å². The first-order chi connectivity index (χ1) is 20.1. The fourth-order valence-corrected chi connectivity index (χ4v) is 7.90. The minimum absolute atomic E-state index is 0.350. The van der Waals surface area contributed by atoms with Crippen LogP contribution in [-0.4, -0.2) is 48.4 Å². The van der Waals surface area contributed by atoms with Gasteiger partial charge in [0.2, 0.25) is 0 Å². The lowest BCUT2D eigenvalue weighted by molar-refractivity contribution is -0.239. The van der Waals surface area contributed by atoms with Crippen LogP contribution in [-0.2, 0) is 23.7 Å². The number of fused-ring (bicyclic) bond motifs is 8. The van der Waals surface area contributed by atoms with Crippen LogP contribution in [0.15, 0.2) is 81.2 Å². The minimum Gasteiger partial charge on any atom is -0.399 e. The summed E-state index contributed by atoms with van der Waals surface area (Å²) >= 11 is 0. The molecule has 4 aromatic carbocycles. The van der Waals surface area contributed by atoms with Gasteiger partial charge in [0, 0.05) is 10.8 Å². The van der Waals surface area contributed by atoms with Gasteiger partial charge in [-0.1, -0.05) is 60.7 Å². The van der Waals surface area contributed by atoms with Gasteiger partial charge in [-0.05, 0) is 68.3 Å². The molecular formula is C33H33O8P. The minimum atomic E-state index is -1.97. The number of benzene rings is 4. The number of hydrogen-bond donors (Lipinski definition) is 0. The van der Waals surface area contributed by atoms with Crippen LogP contribution in [0, 0.1) is 0 Å². The average molecular weight is 589 g/mol. The third-order valence-corrected chi connectivity index (χ3v) is 9.72. The topological polar surface area (TPSA) is 81.7 Å². The molecule has 5 aromatic rings. The molecule has 5 atom stereocenters. The predicted octanol–water partition coefficient (Wildman–Crippen LogP) is 7.81. The molecule has 0 N–H and O–H groups in total. The van der Waals surface area contributed by atoms with Crippen LogP contribution in [0.2, 0.25) is 0 Å². The van der Waals surface area contributed by atoms with Crippen LogP contribution in [0.1, 0.15) is 34.6 Å². The Morgan fingerprint density at radius 1 is 0.667 bits per heavy atom. The SMILES string of the molecule is CC1(C)OC[C@H]([C@H]2O[C@@H]3OC(C)(C)O[C@@H]3[C@]2(C)Op2oc3ccc4ccccc4c3c3c(ccc4ccccc43)o2)O1. The average Bonchev–Trinajstić information content (AvgIpc) is 3.51. The second-order valence-electron chi connectivity index (χ2n) is 12.3. The first-order valence-electron chi connectivity index (χ1n) is 14.3. The van der Waals surface area contributed by atoms with Crippen molar-refractivity contribution in [2.24, 2.45) is 0 Å². The van der Waals surface area contributed by atoms with Crippen molar-refractivity contribution < 1.29 is 36.6 Å². The smallest absolute Gasteiger partial charge is 0.388 e. The predicted molar refractivity (Wildman–Crippen MR) is 160 cm³/mol. The highest BCUT2D eigenvalue weighted by Crippen LogP contribution is 2.50. The second kappa shape index (κ2) is 9.28. The van der Waals surface area contributed by atoms with Gasteiger partial charge >= 0.3 is 8.24 Å². The monoisotopic (exact) mass is 588 g/mol. The van der Waals surface area contributed by atoms with E-state index < -0.39 is 50.0 Å². The molecule has 0 spiro atoms. The zero-order valence-corrected chi connectivity index (χ0v) is 25.1. The molecule has 0 aliphatic carbocycles. The third-order valence-electron chi connectivity index (χ3n) is 8.49. The molecule has 218 valence electrons. The first-order valence-corrected chi connectivity index (χ1v) is 15.4. The van der Waals surface area contributed by atoms with Crippen molar-refractivity contribution >= 4 is 51.7 Å². The van der Waals surface area contributed by atoms with Gasteiger partial charge in [0.15, 0.2) is 17.9 Å². The Morgan fingerprint density at radius 2 is 1.26 bits per heavy atom. The van der Waals surface area contributed by atoms with Crippen molar-refractivity contribution in [2.75, 3.05) is 6.61 Å². The number of hydrogen-bond acceptors (Lipinski definition) is 8. The van der Waals surface area contributed by atoms with E-state index in [-0.39, 0.29) is 0 Å². The fraction of sp³-hybridized carbons (Fsp3) is 0.394. The lowest BCUT2D eigenvalue weighted by Gasteiger charge is -2.35. The molecule has 8 rings (SSSR count). The third kappa shape index (κ3) is 4.20. The molecule has 3 fully saturated rings. The van der Waals surface area contributed by atoms with Crippen molar-refractivity contribution in [2.45, 2.75) is 76.4 Å². The molecule has 3 saturated heterocycles. The van der Waals surface area contributed by atoms with E-state index in [0.29, 0.717) is 17.8 Å². The summed E-state index contributed by atoms with van der Waals surface area (Å²) in [7, 11) is -1.97. The summed E-state index contributed by atoms with van der Waals surface area (Å²) in [6.07, 6.45) is -2.15. The fourth-order valence-electron chi connectivity index (χ4n) is 6.63. The molecule has 1 aromatic heterocycles. The van der Waals surface area contributed by atoms with Crippen molar-refractivity contribution in [3.8, 4) is 0 Å². The lowest BCUT2D eigenvalue weighted by Crippen LogP contribution is -2.55. The lowest BCUT2D eigenvalue weighted by atomic mass is 9.91. The van der Waals surface area contributed by atoms with Gasteiger partial charge in [0.05, 0.1) is 6.61 Å². The molecular weight excluding hydrogens is 555 g/mol. The Balaban J connectivity index is 1.35. The van der Waals surface area contributed by atoms with Gasteiger partial charge in [-0.2, -0.15) is 0 Å². The first kappa shape index (κ1) is 26.7. The second-order valence-corrected chi connectivity index (χ2v) is 13.3. The number of ether oxygens (including phenoxy) is 5. The molecule has 3 aliphatic rings. The molecule has 0 radical (unpaired) electrons. The summed E-state index contributed by atoms with van der Waals surface area (Å²) < 4.78 is 51.4. The van der Waals surface area contributed by atoms with E-state index >= 15 is 0 Å². The Bertz CT molecular complexity index is 1800. The Kier molecular flexibility index (Phi) is 5.89. The maximum Gasteiger partial charge on any atom is 0.388 e. The Labute approximate surface area is 244 Å². The molecule has 8 nitrogen and oxygen atoms in total. The van der Waals surface area contributed by atoms with Gasteiger partial charge in [-0.25, -0.2) is 0 Å². The molecule has 0 unspecified atom stereocenters. The van der Waals surface area contributed by atoms with Crippen molar-refractivity contribution in [1.29, 1.82) is 0 Å². The molecule has 3 aliphatic heterocycles. The van der Waals surface area contributed by atoms with E-state index in [1.807, 2.05) is 71.0 Å². The van der Waals surface area contributed by atoms with Crippen molar-refractivity contribution in [1.82, 2.24) is 0 Å². The summed E-state index contributed by atoms with van der Waals surface area (Å²) in [4.78, 5) is 0. The number of rotatable bonds is 3. The summed E-state index contributed by atoms with van der Waals surface area (Å²) in [6, 6.07) is 24.8. The quantitative estimate of drug-likeness (QED) is 0.211. The summed E-state index contributed by atoms with van der Waals surface area (Å²) in [5.41, 5.74) is 0.337. The maximum atomic E-state index is 6.91. The summed E-state index contributed by atoms with van der Waals surface area (Å²) in [6.45, 7) is 9.83. The van der Waals surface area contributed by atoms with Crippen LogP contribution in [0.4, 0.5) is 0 Å². The van der Waals surface area contributed by atoms with Gasteiger partial charge in [-0.3, -0.25) is 4.52 Å². The van der Waals surface area contributed by atoms with Crippen LogP contribution < -0.4 is 4.52 Å². The highest BCUT2D eigenvalue weighted by Gasteiger charge is 2.66. The molecule has 9 heteroatoms. The highest BCUT2D eigenvalue weighted by atomic mass is 31.1. The van der Waals surface area contributed by atoms with Gasteiger partial charge in [0.1, 0.15) is 35.1 Å². The van der Waals surface area contributed by atoms with Crippen LogP contribution >= 0.6 is 8.24 Å².